The Bertz CT molecular complexity index is 663. The Morgan fingerprint density at radius 2 is 1.81 bits per heavy atom. The molecule has 2 aromatic rings. The third-order valence-corrected chi connectivity index (χ3v) is 5.61. The normalized spacial score (nSPS) is 12.2. The molecule has 5 heteroatoms. The average molecular weight is 436 g/mol. The van der Waals surface area contributed by atoms with Gasteiger partial charge in [-0.15, -0.1) is 11.8 Å². The maximum Gasteiger partial charge on any atom is 0.320 e. The highest BCUT2D eigenvalue weighted by Crippen LogP contribution is 2.20. The summed E-state index contributed by atoms with van der Waals surface area (Å²) < 4.78 is 5.02. The first-order valence-corrected chi connectivity index (χ1v) is 10.7. The molecule has 26 heavy (non-hydrogen) atoms. The Labute approximate surface area is 169 Å². The van der Waals surface area contributed by atoms with E-state index in [1.54, 1.807) is 0 Å². The Morgan fingerprint density at radius 3 is 2.46 bits per heavy atom. The van der Waals surface area contributed by atoms with E-state index in [1.165, 1.54) is 10.5 Å². The number of rotatable bonds is 10. The first-order chi connectivity index (χ1) is 12.6. The molecule has 0 saturated heterocycles. The summed E-state index contributed by atoms with van der Waals surface area (Å²) in [6, 6.07) is 19.0. The fraction of sp³-hybridized carbons (Fsp3) is 0.381. The lowest BCUT2D eigenvalue weighted by Gasteiger charge is -2.16. The number of benzene rings is 2. The van der Waals surface area contributed by atoms with Crippen LogP contribution in [0.5, 0.6) is 0 Å². The van der Waals surface area contributed by atoms with Gasteiger partial charge in [0.1, 0.15) is 4.83 Å². The summed E-state index contributed by atoms with van der Waals surface area (Å²) in [5, 5.41) is 0. The molecule has 1 atom stereocenters. The molecule has 0 aliphatic carbocycles. The fourth-order valence-electron chi connectivity index (χ4n) is 2.54. The number of ether oxygens (including phenoxy) is 1. The molecule has 2 rings (SSSR count). The zero-order valence-corrected chi connectivity index (χ0v) is 17.8. The Hall–Kier alpha value is -1.30. The van der Waals surface area contributed by atoms with Gasteiger partial charge in [-0.2, -0.15) is 0 Å². The first-order valence-electron chi connectivity index (χ1n) is 8.83. The van der Waals surface area contributed by atoms with E-state index in [0.29, 0.717) is 13.0 Å². The summed E-state index contributed by atoms with van der Waals surface area (Å²) in [7, 11) is 2.15. The van der Waals surface area contributed by atoms with E-state index in [0.717, 1.165) is 24.4 Å². The van der Waals surface area contributed by atoms with E-state index < -0.39 is 0 Å². The van der Waals surface area contributed by atoms with Gasteiger partial charge >= 0.3 is 5.97 Å². The molecule has 0 bridgehead atoms. The van der Waals surface area contributed by atoms with Crippen LogP contribution in [0.4, 0.5) is 0 Å². The minimum Gasteiger partial charge on any atom is -0.465 e. The number of esters is 1. The maximum atomic E-state index is 11.7. The lowest BCUT2D eigenvalue weighted by molar-refractivity contribution is -0.142. The number of alkyl halides is 1. The minimum atomic E-state index is -0.285. The van der Waals surface area contributed by atoms with Gasteiger partial charge in [-0.1, -0.05) is 58.4 Å². The van der Waals surface area contributed by atoms with Gasteiger partial charge in [0.2, 0.25) is 0 Å². The molecule has 0 aromatic heterocycles. The molecule has 0 amide bonds. The molecular formula is C21H26BrNO2S. The second-order valence-electron chi connectivity index (χ2n) is 6.14. The maximum absolute atomic E-state index is 11.7. The molecule has 0 saturated carbocycles. The summed E-state index contributed by atoms with van der Waals surface area (Å²) in [6.45, 7) is 4.24. The van der Waals surface area contributed by atoms with Gasteiger partial charge in [0.15, 0.2) is 0 Å². The highest BCUT2D eigenvalue weighted by Gasteiger charge is 2.16. The summed E-state index contributed by atoms with van der Waals surface area (Å²) in [5.41, 5.74) is 2.47. The van der Waals surface area contributed by atoms with Gasteiger partial charge in [-0.25, -0.2) is 0 Å². The number of carbonyl (C=O) groups is 1. The highest BCUT2D eigenvalue weighted by molar-refractivity contribution is 9.10. The van der Waals surface area contributed by atoms with Crippen molar-refractivity contribution in [1.82, 2.24) is 4.90 Å². The molecule has 0 heterocycles. The number of carbonyl (C=O) groups excluding carboxylic acids is 1. The van der Waals surface area contributed by atoms with Gasteiger partial charge in [0, 0.05) is 23.7 Å². The van der Waals surface area contributed by atoms with Crippen molar-refractivity contribution in [2.75, 3.05) is 26.0 Å². The lowest BCUT2D eigenvalue weighted by Crippen LogP contribution is -2.20. The van der Waals surface area contributed by atoms with Crippen molar-refractivity contribution in [2.45, 2.75) is 29.6 Å². The zero-order valence-electron chi connectivity index (χ0n) is 15.4. The van der Waals surface area contributed by atoms with Crippen LogP contribution in [0, 0.1) is 0 Å². The molecule has 0 aliphatic rings. The van der Waals surface area contributed by atoms with Crippen LogP contribution >= 0.6 is 27.7 Å². The number of hydrogen-bond acceptors (Lipinski definition) is 4. The predicted octanol–water partition coefficient (Wildman–Crippen LogP) is 4.78. The summed E-state index contributed by atoms with van der Waals surface area (Å²) in [4.78, 5) is 15.0. The Kier molecular flexibility index (Phi) is 9.23. The van der Waals surface area contributed by atoms with Gasteiger partial charge in [-0.05, 0) is 43.7 Å². The largest absolute Gasteiger partial charge is 0.465 e. The molecule has 0 unspecified atom stereocenters. The molecule has 0 N–H and O–H groups in total. The Balaban J connectivity index is 1.72. The van der Waals surface area contributed by atoms with E-state index in [2.05, 4.69) is 76.4 Å². The van der Waals surface area contributed by atoms with Crippen molar-refractivity contribution in [3.05, 3.63) is 65.7 Å². The van der Waals surface area contributed by atoms with Crippen molar-refractivity contribution in [3.63, 3.8) is 0 Å². The standard InChI is InChI=1S/C21H26BrNO2S/c1-3-25-21(24)20(22)15-17-9-11-19(12-10-17)26-14-13-23(2)16-18-7-5-4-6-8-18/h4-12,20H,3,13-16H2,1-2H3/t20-/m0/s1. The highest BCUT2D eigenvalue weighted by atomic mass is 79.9. The van der Waals surface area contributed by atoms with E-state index in [-0.39, 0.29) is 10.8 Å². The summed E-state index contributed by atoms with van der Waals surface area (Å²) in [5.74, 6) is 0.847. The van der Waals surface area contributed by atoms with Crippen molar-refractivity contribution >= 4 is 33.7 Å². The molecule has 0 radical (unpaired) electrons. The number of hydrogen-bond donors (Lipinski definition) is 0. The quantitative estimate of drug-likeness (QED) is 0.305. The van der Waals surface area contributed by atoms with E-state index in [4.69, 9.17) is 4.74 Å². The monoisotopic (exact) mass is 435 g/mol. The zero-order chi connectivity index (χ0) is 18.8. The van der Waals surface area contributed by atoms with Crippen molar-refractivity contribution in [3.8, 4) is 0 Å². The summed E-state index contributed by atoms with van der Waals surface area (Å²) in [6.07, 6.45) is 0.642. The van der Waals surface area contributed by atoms with Gasteiger partial charge < -0.3 is 9.64 Å². The van der Waals surface area contributed by atoms with Gasteiger partial charge in [-0.3, -0.25) is 4.79 Å². The molecule has 0 aliphatic heterocycles. The second-order valence-corrected chi connectivity index (χ2v) is 8.41. The van der Waals surface area contributed by atoms with Gasteiger partial charge in [0.25, 0.3) is 0 Å². The van der Waals surface area contributed by atoms with E-state index in [1.807, 2.05) is 24.8 Å². The molecule has 0 fully saturated rings. The molecule has 0 spiro atoms. The first kappa shape index (κ1) is 21.0. The van der Waals surface area contributed by atoms with Crippen LogP contribution in [0.15, 0.2) is 59.5 Å². The molecular weight excluding hydrogens is 410 g/mol. The molecule has 140 valence electrons. The SMILES string of the molecule is CCOC(=O)[C@@H](Br)Cc1ccc(SCCN(C)Cc2ccccc2)cc1. The third kappa shape index (κ3) is 7.52. The van der Waals surface area contributed by atoms with Crippen LogP contribution in [0.3, 0.4) is 0 Å². The van der Waals surface area contributed by atoms with Gasteiger partial charge in [0.05, 0.1) is 6.61 Å². The van der Waals surface area contributed by atoms with Crippen LogP contribution in [-0.4, -0.2) is 41.6 Å². The van der Waals surface area contributed by atoms with Crippen molar-refractivity contribution < 1.29 is 9.53 Å². The van der Waals surface area contributed by atoms with Crippen LogP contribution in [0.1, 0.15) is 18.1 Å². The van der Waals surface area contributed by atoms with Crippen LogP contribution < -0.4 is 0 Å². The van der Waals surface area contributed by atoms with Crippen molar-refractivity contribution in [1.29, 1.82) is 0 Å². The summed E-state index contributed by atoms with van der Waals surface area (Å²) >= 11 is 5.26. The molecule has 2 aromatic carbocycles. The third-order valence-electron chi connectivity index (χ3n) is 3.92. The second kappa shape index (κ2) is 11.4. The average Bonchev–Trinajstić information content (AvgIpc) is 2.64. The number of nitrogens with zero attached hydrogens (tertiary/aromatic N) is 1. The number of thioether (sulfide) groups is 1. The van der Waals surface area contributed by atoms with Crippen LogP contribution in [-0.2, 0) is 22.5 Å². The topological polar surface area (TPSA) is 29.5 Å². The lowest BCUT2D eigenvalue weighted by atomic mass is 10.1. The predicted molar refractivity (Wildman–Crippen MR) is 113 cm³/mol. The molecule has 3 nitrogen and oxygen atoms in total. The Morgan fingerprint density at radius 1 is 1.12 bits per heavy atom. The van der Waals surface area contributed by atoms with E-state index >= 15 is 0 Å². The smallest absolute Gasteiger partial charge is 0.320 e. The van der Waals surface area contributed by atoms with Crippen molar-refractivity contribution in [2.24, 2.45) is 0 Å². The van der Waals surface area contributed by atoms with Crippen LogP contribution in [0.25, 0.3) is 0 Å². The van der Waals surface area contributed by atoms with E-state index in [9.17, 15) is 4.79 Å². The van der Waals surface area contributed by atoms with Crippen LogP contribution in [0.2, 0.25) is 0 Å². The number of halogens is 1. The fourth-order valence-corrected chi connectivity index (χ4v) is 4.01. The minimum absolute atomic E-state index is 0.201.